The fourth-order valence-electron chi connectivity index (χ4n) is 2.83. The summed E-state index contributed by atoms with van der Waals surface area (Å²) < 4.78 is 0. The van der Waals surface area contributed by atoms with E-state index in [0.717, 1.165) is 33.5 Å². The number of hydrogen-bond acceptors (Lipinski definition) is 3. The van der Waals surface area contributed by atoms with E-state index in [2.05, 4.69) is 42.7 Å². The first kappa shape index (κ1) is 14.9. The lowest BCUT2D eigenvalue weighted by molar-refractivity contribution is 1.27. The van der Waals surface area contributed by atoms with Gasteiger partial charge in [0.1, 0.15) is 0 Å². The molecule has 0 spiro atoms. The molecular formula is C21H16N2S. The SMILES string of the molecule is CSc1ccccc1-c1nc2ccccc2nc1-c1ccccc1. The number of fused-ring (bicyclic) bond motifs is 1. The Labute approximate surface area is 145 Å². The number of thioether (sulfide) groups is 1. The molecule has 4 rings (SSSR count). The van der Waals surface area contributed by atoms with Gasteiger partial charge in [0.05, 0.1) is 22.4 Å². The first-order chi connectivity index (χ1) is 11.9. The Kier molecular flexibility index (Phi) is 4.01. The average Bonchev–Trinajstić information content (AvgIpc) is 2.67. The first-order valence-corrected chi connectivity index (χ1v) is 9.05. The topological polar surface area (TPSA) is 25.8 Å². The van der Waals surface area contributed by atoms with Crippen LogP contribution >= 0.6 is 11.8 Å². The molecule has 0 aliphatic rings. The highest BCUT2D eigenvalue weighted by Crippen LogP contribution is 2.35. The van der Waals surface area contributed by atoms with E-state index in [0.29, 0.717) is 0 Å². The average molecular weight is 328 g/mol. The molecule has 0 N–H and O–H groups in total. The van der Waals surface area contributed by atoms with Crippen LogP contribution < -0.4 is 0 Å². The van der Waals surface area contributed by atoms with E-state index >= 15 is 0 Å². The quantitative estimate of drug-likeness (QED) is 0.452. The molecule has 0 bridgehead atoms. The zero-order valence-electron chi connectivity index (χ0n) is 13.3. The molecule has 2 nitrogen and oxygen atoms in total. The van der Waals surface area contributed by atoms with Crippen LogP contribution in [0.4, 0.5) is 0 Å². The summed E-state index contributed by atoms with van der Waals surface area (Å²) in [6, 6.07) is 26.7. The lowest BCUT2D eigenvalue weighted by Crippen LogP contribution is -1.96. The molecule has 0 fully saturated rings. The summed E-state index contributed by atoms with van der Waals surface area (Å²) in [7, 11) is 0. The predicted molar refractivity (Wildman–Crippen MR) is 102 cm³/mol. The summed E-state index contributed by atoms with van der Waals surface area (Å²) in [6.45, 7) is 0. The van der Waals surface area contributed by atoms with Gasteiger partial charge in [-0.05, 0) is 24.5 Å². The molecule has 0 saturated heterocycles. The van der Waals surface area contributed by atoms with Gasteiger partial charge in [0, 0.05) is 16.0 Å². The Morgan fingerprint density at radius 1 is 0.625 bits per heavy atom. The van der Waals surface area contributed by atoms with Crippen LogP contribution in [0.1, 0.15) is 0 Å². The molecule has 3 aromatic carbocycles. The highest BCUT2D eigenvalue weighted by molar-refractivity contribution is 7.98. The molecule has 0 amide bonds. The zero-order valence-corrected chi connectivity index (χ0v) is 14.1. The van der Waals surface area contributed by atoms with Crippen LogP contribution in [0.5, 0.6) is 0 Å². The number of nitrogens with zero attached hydrogens (tertiary/aromatic N) is 2. The minimum Gasteiger partial charge on any atom is -0.244 e. The Morgan fingerprint density at radius 3 is 1.92 bits per heavy atom. The van der Waals surface area contributed by atoms with Gasteiger partial charge in [0.2, 0.25) is 0 Å². The molecule has 3 heteroatoms. The molecule has 24 heavy (non-hydrogen) atoms. The molecule has 0 saturated carbocycles. The molecule has 0 aliphatic heterocycles. The van der Waals surface area contributed by atoms with Crippen LogP contribution in [0, 0.1) is 0 Å². The third kappa shape index (κ3) is 2.68. The summed E-state index contributed by atoms with van der Waals surface area (Å²) in [5.74, 6) is 0. The third-order valence-electron chi connectivity index (χ3n) is 3.98. The Balaban J connectivity index is 2.06. The van der Waals surface area contributed by atoms with Crippen molar-refractivity contribution in [2.24, 2.45) is 0 Å². The van der Waals surface area contributed by atoms with Crippen molar-refractivity contribution in [3.63, 3.8) is 0 Å². The van der Waals surface area contributed by atoms with Crippen LogP contribution in [-0.2, 0) is 0 Å². The summed E-state index contributed by atoms with van der Waals surface area (Å²) in [4.78, 5) is 11.1. The molecular weight excluding hydrogens is 312 g/mol. The van der Waals surface area contributed by atoms with Gasteiger partial charge in [-0.2, -0.15) is 0 Å². The second-order valence-corrected chi connectivity index (χ2v) is 6.32. The van der Waals surface area contributed by atoms with E-state index < -0.39 is 0 Å². The van der Waals surface area contributed by atoms with Crippen LogP contribution in [0.3, 0.4) is 0 Å². The summed E-state index contributed by atoms with van der Waals surface area (Å²) >= 11 is 1.73. The summed E-state index contributed by atoms with van der Waals surface area (Å²) in [6.07, 6.45) is 2.09. The van der Waals surface area contributed by atoms with E-state index in [1.54, 1.807) is 11.8 Å². The number of benzene rings is 3. The van der Waals surface area contributed by atoms with Crippen molar-refractivity contribution in [3.8, 4) is 22.5 Å². The molecule has 0 unspecified atom stereocenters. The molecule has 116 valence electrons. The van der Waals surface area contributed by atoms with Crippen molar-refractivity contribution in [1.29, 1.82) is 0 Å². The fraction of sp³-hybridized carbons (Fsp3) is 0.0476. The monoisotopic (exact) mass is 328 g/mol. The van der Waals surface area contributed by atoms with Crippen molar-refractivity contribution < 1.29 is 0 Å². The fourth-order valence-corrected chi connectivity index (χ4v) is 3.42. The van der Waals surface area contributed by atoms with Crippen LogP contribution in [-0.4, -0.2) is 16.2 Å². The maximum Gasteiger partial charge on any atom is 0.0984 e. The highest BCUT2D eigenvalue weighted by atomic mass is 32.2. The van der Waals surface area contributed by atoms with Crippen LogP contribution in [0.25, 0.3) is 33.5 Å². The maximum atomic E-state index is 4.95. The molecule has 1 heterocycles. The van der Waals surface area contributed by atoms with Crippen molar-refractivity contribution in [3.05, 3.63) is 78.9 Å². The molecule has 0 radical (unpaired) electrons. The first-order valence-electron chi connectivity index (χ1n) is 7.82. The van der Waals surface area contributed by atoms with E-state index in [9.17, 15) is 0 Å². The standard InChI is InChI=1S/C21H16N2S/c1-24-19-14-8-5-11-16(19)21-20(15-9-3-2-4-10-15)22-17-12-6-7-13-18(17)23-21/h2-14H,1H3. The van der Waals surface area contributed by atoms with Gasteiger partial charge < -0.3 is 0 Å². The minimum absolute atomic E-state index is 0.918. The van der Waals surface area contributed by atoms with E-state index in [1.807, 2.05) is 42.5 Å². The Bertz CT molecular complexity index is 997. The Hall–Kier alpha value is -2.65. The van der Waals surface area contributed by atoms with Gasteiger partial charge in [-0.15, -0.1) is 11.8 Å². The van der Waals surface area contributed by atoms with E-state index in [1.165, 1.54) is 4.90 Å². The lowest BCUT2D eigenvalue weighted by atomic mass is 10.0. The van der Waals surface area contributed by atoms with Crippen molar-refractivity contribution in [2.75, 3.05) is 6.26 Å². The zero-order chi connectivity index (χ0) is 16.4. The van der Waals surface area contributed by atoms with Gasteiger partial charge in [0.15, 0.2) is 0 Å². The predicted octanol–water partition coefficient (Wildman–Crippen LogP) is 5.69. The lowest BCUT2D eigenvalue weighted by Gasteiger charge is -2.13. The van der Waals surface area contributed by atoms with Gasteiger partial charge in [-0.25, -0.2) is 9.97 Å². The summed E-state index contributed by atoms with van der Waals surface area (Å²) in [5.41, 5.74) is 5.91. The number of hydrogen-bond donors (Lipinski definition) is 0. The summed E-state index contributed by atoms with van der Waals surface area (Å²) in [5, 5.41) is 0. The largest absolute Gasteiger partial charge is 0.244 e. The smallest absolute Gasteiger partial charge is 0.0984 e. The maximum absolute atomic E-state index is 4.95. The Morgan fingerprint density at radius 2 is 1.21 bits per heavy atom. The van der Waals surface area contributed by atoms with Gasteiger partial charge in [-0.3, -0.25) is 0 Å². The van der Waals surface area contributed by atoms with Gasteiger partial charge in [-0.1, -0.05) is 60.7 Å². The third-order valence-corrected chi connectivity index (χ3v) is 4.78. The molecule has 4 aromatic rings. The molecule has 1 aromatic heterocycles. The van der Waals surface area contributed by atoms with Crippen molar-refractivity contribution >= 4 is 22.8 Å². The van der Waals surface area contributed by atoms with E-state index in [-0.39, 0.29) is 0 Å². The van der Waals surface area contributed by atoms with Crippen LogP contribution in [0.15, 0.2) is 83.8 Å². The van der Waals surface area contributed by atoms with Crippen molar-refractivity contribution in [2.45, 2.75) is 4.90 Å². The minimum atomic E-state index is 0.918. The highest BCUT2D eigenvalue weighted by Gasteiger charge is 2.15. The van der Waals surface area contributed by atoms with Crippen molar-refractivity contribution in [1.82, 2.24) is 9.97 Å². The second-order valence-electron chi connectivity index (χ2n) is 5.48. The van der Waals surface area contributed by atoms with Crippen LogP contribution in [0.2, 0.25) is 0 Å². The number of para-hydroxylation sites is 2. The van der Waals surface area contributed by atoms with Gasteiger partial charge in [0.25, 0.3) is 0 Å². The normalized spacial score (nSPS) is 10.9. The molecule has 0 aliphatic carbocycles. The molecule has 0 atom stereocenters. The van der Waals surface area contributed by atoms with E-state index in [4.69, 9.17) is 9.97 Å². The number of rotatable bonds is 3. The second kappa shape index (κ2) is 6.46. The number of aromatic nitrogens is 2. The van der Waals surface area contributed by atoms with Gasteiger partial charge >= 0.3 is 0 Å².